The monoisotopic (exact) mass is 352 g/mol. The molecule has 2 N–H and O–H groups in total. The fraction of sp³-hybridized carbons (Fsp3) is 0.905. The molecular formula is C21H40N2O2. The molecule has 0 saturated heterocycles. The molecule has 0 bridgehead atoms. The van der Waals surface area contributed by atoms with Gasteiger partial charge in [-0.1, -0.05) is 84.5 Å². The van der Waals surface area contributed by atoms with E-state index in [0.717, 1.165) is 32.1 Å². The third-order valence-corrected chi connectivity index (χ3v) is 5.45. The number of carbonyl (C=O) groups excluding carboxylic acids is 2. The number of hydrogen-bond donors (Lipinski definition) is 2. The maximum Gasteiger partial charge on any atom is 0.309 e. The molecular weight excluding hydrogens is 312 g/mol. The summed E-state index contributed by atoms with van der Waals surface area (Å²) in [6.07, 6.45) is 17.3. The van der Waals surface area contributed by atoms with Crippen LogP contribution in [0.5, 0.6) is 0 Å². The van der Waals surface area contributed by atoms with Crippen LogP contribution >= 0.6 is 0 Å². The molecule has 146 valence electrons. The lowest BCUT2D eigenvalue weighted by Crippen LogP contribution is -2.47. The molecule has 0 aromatic carbocycles. The normalized spacial score (nSPS) is 20.2. The van der Waals surface area contributed by atoms with Crippen molar-refractivity contribution in [3.05, 3.63) is 0 Å². The van der Waals surface area contributed by atoms with E-state index < -0.39 is 11.8 Å². The van der Waals surface area contributed by atoms with Gasteiger partial charge in [0.2, 0.25) is 0 Å². The van der Waals surface area contributed by atoms with E-state index in [-0.39, 0.29) is 6.04 Å². The Labute approximate surface area is 154 Å². The average Bonchev–Trinajstić information content (AvgIpc) is 2.61. The molecule has 0 aromatic rings. The van der Waals surface area contributed by atoms with E-state index in [1.54, 1.807) is 0 Å². The summed E-state index contributed by atoms with van der Waals surface area (Å²) >= 11 is 0. The van der Waals surface area contributed by atoms with Crippen LogP contribution in [-0.4, -0.2) is 24.4 Å². The first-order chi connectivity index (χ1) is 12.1. The summed E-state index contributed by atoms with van der Waals surface area (Å²) in [5, 5.41) is 5.67. The van der Waals surface area contributed by atoms with Crippen molar-refractivity contribution in [1.29, 1.82) is 0 Å². The van der Waals surface area contributed by atoms with Crippen LogP contribution in [0, 0.1) is 5.92 Å². The summed E-state index contributed by atoms with van der Waals surface area (Å²) in [6, 6.07) is 0.171. The summed E-state index contributed by atoms with van der Waals surface area (Å²) in [5.41, 5.74) is 0. The molecule has 1 fully saturated rings. The average molecular weight is 353 g/mol. The van der Waals surface area contributed by atoms with Crippen LogP contribution in [0.1, 0.15) is 104 Å². The Morgan fingerprint density at radius 2 is 1.36 bits per heavy atom. The van der Waals surface area contributed by atoms with Gasteiger partial charge in [-0.15, -0.1) is 0 Å². The number of unbranched alkanes of at least 4 members (excludes halogenated alkanes) is 9. The number of rotatable bonds is 12. The molecule has 2 amide bonds. The molecule has 0 aliphatic heterocycles. The van der Waals surface area contributed by atoms with Gasteiger partial charge in [0.15, 0.2) is 0 Å². The SMILES string of the molecule is CCCCCCCCCCCCNC(=O)C(=O)N[C@@H]1CCCC[C@H]1C. The van der Waals surface area contributed by atoms with E-state index in [2.05, 4.69) is 24.5 Å². The summed E-state index contributed by atoms with van der Waals surface area (Å²) in [7, 11) is 0. The van der Waals surface area contributed by atoms with Crippen molar-refractivity contribution in [2.24, 2.45) is 5.92 Å². The number of hydrogen-bond acceptors (Lipinski definition) is 2. The van der Waals surface area contributed by atoms with Crippen molar-refractivity contribution in [2.75, 3.05) is 6.54 Å². The predicted octanol–water partition coefficient (Wildman–Crippen LogP) is 4.72. The first kappa shape index (κ1) is 22.0. The van der Waals surface area contributed by atoms with E-state index in [0.29, 0.717) is 12.5 Å². The second kappa shape index (κ2) is 14.1. The van der Waals surface area contributed by atoms with Crippen LogP contribution < -0.4 is 10.6 Å². The maximum atomic E-state index is 11.9. The number of nitrogens with one attached hydrogen (secondary N) is 2. The zero-order chi connectivity index (χ0) is 18.3. The highest BCUT2D eigenvalue weighted by molar-refractivity contribution is 6.35. The molecule has 4 nitrogen and oxygen atoms in total. The van der Waals surface area contributed by atoms with Gasteiger partial charge in [-0.2, -0.15) is 0 Å². The smallest absolute Gasteiger partial charge is 0.309 e. The van der Waals surface area contributed by atoms with Crippen molar-refractivity contribution >= 4 is 11.8 Å². The van der Waals surface area contributed by atoms with Gasteiger partial charge in [-0.05, 0) is 25.2 Å². The Kier molecular flexibility index (Phi) is 12.4. The van der Waals surface area contributed by atoms with Gasteiger partial charge < -0.3 is 10.6 Å². The highest BCUT2D eigenvalue weighted by Crippen LogP contribution is 2.23. The fourth-order valence-corrected chi connectivity index (χ4v) is 3.66. The molecule has 1 aliphatic carbocycles. The van der Waals surface area contributed by atoms with Crippen molar-refractivity contribution in [1.82, 2.24) is 10.6 Å². The zero-order valence-corrected chi connectivity index (χ0v) is 16.6. The minimum Gasteiger partial charge on any atom is -0.348 e. The molecule has 1 rings (SSSR count). The Balaban J connectivity index is 1.95. The lowest BCUT2D eigenvalue weighted by atomic mass is 9.86. The van der Waals surface area contributed by atoms with Crippen molar-refractivity contribution in [2.45, 2.75) is 110 Å². The standard InChI is InChI=1S/C21H40N2O2/c1-3-4-5-6-7-8-9-10-11-14-17-22-20(24)21(25)23-19-16-13-12-15-18(19)2/h18-19H,3-17H2,1-2H3,(H,22,24)(H,23,25)/t18-,19-/m1/s1. The molecule has 0 spiro atoms. The van der Waals surface area contributed by atoms with E-state index >= 15 is 0 Å². The maximum absolute atomic E-state index is 11.9. The molecule has 0 unspecified atom stereocenters. The quantitative estimate of drug-likeness (QED) is 0.394. The van der Waals surface area contributed by atoms with Crippen LogP contribution in [0.15, 0.2) is 0 Å². The third-order valence-electron chi connectivity index (χ3n) is 5.45. The fourth-order valence-electron chi connectivity index (χ4n) is 3.66. The minimum atomic E-state index is -0.464. The first-order valence-corrected chi connectivity index (χ1v) is 10.7. The van der Waals surface area contributed by atoms with Gasteiger partial charge in [0.1, 0.15) is 0 Å². The Bertz CT molecular complexity index is 371. The Morgan fingerprint density at radius 3 is 1.96 bits per heavy atom. The molecule has 25 heavy (non-hydrogen) atoms. The second-order valence-electron chi connectivity index (χ2n) is 7.78. The minimum absolute atomic E-state index is 0.171. The molecule has 2 atom stereocenters. The summed E-state index contributed by atoms with van der Waals surface area (Å²) in [4.78, 5) is 23.8. The van der Waals surface area contributed by atoms with E-state index in [1.807, 2.05) is 0 Å². The van der Waals surface area contributed by atoms with Gasteiger partial charge in [-0.3, -0.25) is 9.59 Å². The first-order valence-electron chi connectivity index (χ1n) is 10.7. The third kappa shape index (κ3) is 10.5. The highest BCUT2D eigenvalue weighted by Gasteiger charge is 2.25. The van der Waals surface area contributed by atoms with E-state index in [1.165, 1.54) is 57.8 Å². The van der Waals surface area contributed by atoms with Gasteiger partial charge in [0.25, 0.3) is 0 Å². The van der Waals surface area contributed by atoms with Gasteiger partial charge in [0, 0.05) is 12.6 Å². The van der Waals surface area contributed by atoms with Gasteiger partial charge in [-0.25, -0.2) is 0 Å². The predicted molar refractivity (Wildman–Crippen MR) is 104 cm³/mol. The molecule has 4 heteroatoms. The van der Waals surface area contributed by atoms with Crippen LogP contribution in [0.2, 0.25) is 0 Å². The Morgan fingerprint density at radius 1 is 0.800 bits per heavy atom. The zero-order valence-electron chi connectivity index (χ0n) is 16.6. The van der Waals surface area contributed by atoms with E-state index in [4.69, 9.17) is 0 Å². The molecule has 0 heterocycles. The Hall–Kier alpha value is -1.06. The largest absolute Gasteiger partial charge is 0.348 e. The second-order valence-corrected chi connectivity index (χ2v) is 7.78. The summed E-state index contributed by atoms with van der Waals surface area (Å²) in [6.45, 7) is 5.02. The number of amides is 2. The van der Waals surface area contributed by atoms with Crippen molar-refractivity contribution in [3.8, 4) is 0 Å². The summed E-state index contributed by atoms with van der Waals surface area (Å²) in [5.74, 6) is -0.438. The molecule has 1 aliphatic rings. The van der Waals surface area contributed by atoms with Crippen LogP contribution in [0.4, 0.5) is 0 Å². The van der Waals surface area contributed by atoms with Gasteiger partial charge >= 0.3 is 11.8 Å². The van der Waals surface area contributed by atoms with Crippen molar-refractivity contribution < 1.29 is 9.59 Å². The number of carbonyl (C=O) groups is 2. The summed E-state index contributed by atoms with van der Waals surface area (Å²) < 4.78 is 0. The molecule has 0 radical (unpaired) electrons. The van der Waals surface area contributed by atoms with E-state index in [9.17, 15) is 9.59 Å². The van der Waals surface area contributed by atoms with Crippen LogP contribution in [0.25, 0.3) is 0 Å². The van der Waals surface area contributed by atoms with Crippen LogP contribution in [-0.2, 0) is 9.59 Å². The van der Waals surface area contributed by atoms with Gasteiger partial charge in [0.05, 0.1) is 0 Å². The highest BCUT2D eigenvalue weighted by atomic mass is 16.2. The lowest BCUT2D eigenvalue weighted by Gasteiger charge is -2.29. The molecule has 0 aromatic heterocycles. The topological polar surface area (TPSA) is 58.2 Å². The van der Waals surface area contributed by atoms with Crippen molar-refractivity contribution in [3.63, 3.8) is 0 Å². The lowest BCUT2D eigenvalue weighted by molar-refractivity contribution is -0.140. The van der Waals surface area contributed by atoms with Crippen LogP contribution in [0.3, 0.4) is 0 Å². The molecule has 1 saturated carbocycles.